The second kappa shape index (κ2) is 5.33. The van der Waals surface area contributed by atoms with Crippen LogP contribution in [0.2, 0.25) is 0 Å². The molecule has 0 atom stereocenters. The second-order valence-corrected chi connectivity index (χ2v) is 4.39. The number of rotatable bonds is 2. The molecule has 2 aromatic rings. The van der Waals surface area contributed by atoms with Gasteiger partial charge in [0.1, 0.15) is 0 Å². The molecule has 0 aliphatic heterocycles. The van der Waals surface area contributed by atoms with Gasteiger partial charge in [0.25, 0.3) is 0 Å². The van der Waals surface area contributed by atoms with Crippen LogP contribution < -0.4 is 0 Å². The van der Waals surface area contributed by atoms with Crippen LogP contribution in [-0.2, 0) is 0 Å². The SMILES string of the molecule is Cc1ccc(/C(C#N)=C\c2ccccc2C)cc1. The molecule has 0 fully saturated rings. The Kier molecular flexibility index (Phi) is 3.60. The second-order valence-electron chi connectivity index (χ2n) is 4.39. The van der Waals surface area contributed by atoms with E-state index in [1.54, 1.807) is 0 Å². The van der Waals surface area contributed by atoms with Gasteiger partial charge in [-0.05, 0) is 36.6 Å². The van der Waals surface area contributed by atoms with E-state index in [1.807, 2.05) is 55.5 Å². The van der Waals surface area contributed by atoms with E-state index >= 15 is 0 Å². The zero-order valence-corrected chi connectivity index (χ0v) is 10.6. The highest BCUT2D eigenvalue weighted by Gasteiger charge is 2.01. The lowest BCUT2D eigenvalue weighted by Gasteiger charge is -2.03. The molecule has 0 N–H and O–H groups in total. The van der Waals surface area contributed by atoms with Crippen LogP contribution in [0, 0.1) is 25.2 Å². The zero-order chi connectivity index (χ0) is 13.0. The average Bonchev–Trinajstić information content (AvgIpc) is 2.39. The summed E-state index contributed by atoms with van der Waals surface area (Å²) in [5.74, 6) is 0. The molecule has 18 heavy (non-hydrogen) atoms. The molecular formula is C17H15N. The summed E-state index contributed by atoms with van der Waals surface area (Å²) in [4.78, 5) is 0. The summed E-state index contributed by atoms with van der Waals surface area (Å²) in [6.45, 7) is 4.09. The molecule has 0 saturated heterocycles. The van der Waals surface area contributed by atoms with Crippen molar-refractivity contribution < 1.29 is 0 Å². The predicted octanol–water partition coefficient (Wildman–Crippen LogP) is 4.37. The standard InChI is InChI=1S/C17H15N/c1-13-7-9-15(10-8-13)17(12-18)11-16-6-4-3-5-14(16)2/h3-11H,1-2H3/b17-11-. The van der Waals surface area contributed by atoms with Gasteiger partial charge in [0.05, 0.1) is 11.6 Å². The van der Waals surface area contributed by atoms with Crippen LogP contribution in [0.3, 0.4) is 0 Å². The van der Waals surface area contributed by atoms with Gasteiger partial charge in [0.15, 0.2) is 0 Å². The van der Waals surface area contributed by atoms with E-state index in [9.17, 15) is 5.26 Å². The van der Waals surface area contributed by atoms with Crippen LogP contribution >= 0.6 is 0 Å². The number of nitriles is 1. The van der Waals surface area contributed by atoms with Gasteiger partial charge in [0, 0.05) is 0 Å². The minimum atomic E-state index is 0.698. The largest absolute Gasteiger partial charge is 0.192 e. The Balaban J connectivity index is 2.44. The highest BCUT2D eigenvalue weighted by Crippen LogP contribution is 2.19. The lowest BCUT2D eigenvalue weighted by atomic mass is 10.0. The van der Waals surface area contributed by atoms with Crippen LogP contribution in [0.1, 0.15) is 22.3 Å². The molecule has 0 aliphatic rings. The van der Waals surface area contributed by atoms with Crippen molar-refractivity contribution in [1.82, 2.24) is 0 Å². The molecule has 2 aromatic carbocycles. The van der Waals surface area contributed by atoms with Gasteiger partial charge in [-0.2, -0.15) is 5.26 Å². The van der Waals surface area contributed by atoms with Crippen LogP contribution in [-0.4, -0.2) is 0 Å². The van der Waals surface area contributed by atoms with Crippen molar-refractivity contribution in [2.24, 2.45) is 0 Å². The van der Waals surface area contributed by atoms with Crippen molar-refractivity contribution in [2.45, 2.75) is 13.8 Å². The summed E-state index contributed by atoms with van der Waals surface area (Å²) in [6.07, 6.45) is 1.94. The molecule has 0 saturated carbocycles. The van der Waals surface area contributed by atoms with E-state index in [4.69, 9.17) is 0 Å². The van der Waals surface area contributed by atoms with Gasteiger partial charge in [-0.1, -0.05) is 54.1 Å². The Labute approximate surface area is 108 Å². The topological polar surface area (TPSA) is 23.8 Å². The smallest absolute Gasteiger partial charge is 0.0998 e. The number of benzene rings is 2. The molecule has 2 rings (SSSR count). The summed E-state index contributed by atoms with van der Waals surface area (Å²) < 4.78 is 0. The highest BCUT2D eigenvalue weighted by molar-refractivity contribution is 5.90. The molecule has 1 heteroatoms. The maximum Gasteiger partial charge on any atom is 0.0998 e. The first kappa shape index (κ1) is 12.1. The number of aryl methyl sites for hydroxylation is 2. The minimum Gasteiger partial charge on any atom is -0.192 e. The Hall–Kier alpha value is -2.33. The Morgan fingerprint density at radius 1 is 1.00 bits per heavy atom. The van der Waals surface area contributed by atoms with Crippen molar-refractivity contribution in [1.29, 1.82) is 5.26 Å². The number of hydrogen-bond donors (Lipinski definition) is 0. The third-order valence-corrected chi connectivity index (χ3v) is 2.97. The molecule has 0 spiro atoms. The summed E-state index contributed by atoms with van der Waals surface area (Å²) in [6, 6.07) is 18.4. The van der Waals surface area contributed by atoms with Gasteiger partial charge in [-0.3, -0.25) is 0 Å². The molecule has 0 radical (unpaired) electrons. The maximum absolute atomic E-state index is 9.28. The number of allylic oxidation sites excluding steroid dienone is 1. The highest BCUT2D eigenvalue weighted by atomic mass is 14.2. The fraction of sp³-hybridized carbons (Fsp3) is 0.118. The van der Waals surface area contributed by atoms with Crippen LogP contribution in [0.25, 0.3) is 11.6 Å². The van der Waals surface area contributed by atoms with Gasteiger partial charge in [-0.25, -0.2) is 0 Å². The summed E-state index contributed by atoms with van der Waals surface area (Å²) in [7, 11) is 0. The third kappa shape index (κ3) is 2.67. The quantitative estimate of drug-likeness (QED) is 0.558. The van der Waals surface area contributed by atoms with Crippen LogP contribution in [0.15, 0.2) is 48.5 Å². The molecule has 1 nitrogen and oxygen atoms in total. The van der Waals surface area contributed by atoms with Crippen LogP contribution in [0.5, 0.6) is 0 Å². The minimum absolute atomic E-state index is 0.698. The fourth-order valence-electron chi connectivity index (χ4n) is 1.82. The van der Waals surface area contributed by atoms with Crippen molar-refractivity contribution in [2.75, 3.05) is 0 Å². The first-order valence-corrected chi connectivity index (χ1v) is 5.95. The number of nitrogens with zero attached hydrogens (tertiary/aromatic N) is 1. The predicted molar refractivity (Wildman–Crippen MR) is 75.8 cm³/mol. The molecule has 0 amide bonds. The molecule has 0 aromatic heterocycles. The van der Waals surface area contributed by atoms with Gasteiger partial charge in [-0.15, -0.1) is 0 Å². The van der Waals surface area contributed by atoms with Crippen molar-refractivity contribution in [3.05, 3.63) is 70.8 Å². The summed E-state index contributed by atoms with van der Waals surface area (Å²) in [5.41, 5.74) is 5.13. The van der Waals surface area contributed by atoms with Gasteiger partial charge in [0.2, 0.25) is 0 Å². The first-order valence-electron chi connectivity index (χ1n) is 5.95. The van der Waals surface area contributed by atoms with E-state index in [0.29, 0.717) is 5.57 Å². The van der Waals surface area contributed by atoms with Crippen LogP contribution in [0.4, 0.5) is 0 Å². The monoisotopic (exact) mass is 233 g/mol. The average molecular weight is 233 g/mol. The zero-order valence-electron chi connectivity index (χ0n) is 10.6. The van der Waals surface area contributed by atoms with Gasteiger partial charge < -0.3 is 0 Å². The molecule has 0 unspecified atom stereocenters. The molecular weight excluding hydrogens is 218 g/mol. The molecule has 0 aliphatic carbocycles. The van der Waals surface area contributed by atoms with E-state index in [-0.39, 0.29) is 0 Å². The van der Waals surface area contributed by atoms with E-state index < -0.39 is 0 Å². The van der Waals surface area contributed by atoms with Crippen molar-refractivity contribution in [3.63, 3.8) is 0 Å². The summed E-state index contributed by atoms with van der Waals surface area (Å²) in [5, 5.41) is 9.28. The third-order valence-electron chi connectivity index (χ3n) is 2.97. The Morgan fingerprint density at radius 3 is 2.28 bits per heavy atom. The van der Waals surface area contributed by atoms with Gasteiger partial charge >= 0.3 is 0 Å². The fourth-order valence-corrected chi connectivity index (χ4v) is 1.82. The maximum atomic E-state index is 9.28. The lowest BCUT2D eigenvalue weighted by molar-refractivity contribution is 1.43. The van der Waals surface area contributed by atoms with E-state index in [0.717, 1.165) is 11.1 Å². The lowest BCUT2D eigenvalue weighted by Crippen LogP contribution is -1.84. The normalized spacial score (nSPS) is 11.1. The Morgan fingerprint density at radius 2 is 1.67 bits per heavy atom. The molecule has 0 heterocycles. The molecule has 0 bridgehead atoms. The Bertz CT molecular complexity index is 613. The first-order chi connectivity index (χ1) is 8.70. The molecule has 88 valence electrons. The van der Waals surface area contributed by atoms with E-state index in [1.165, 1.54) is 11.1 Å². The van der Waals surface area contributed by atoms with E-state index in [2.05, 4.69) is 19.1 Å². The summed E-state index contributed by atoms with van der Waals surface area (Å²) >= 11 is 0. The van der Waals surface area contributed by atoms with Crippen molar-refractivity contribution >= 4 is 11.6 Å². The van der Waals surface area contributed by atoms with Crippen molar-refractivity contribution in [3.8, 4) is 6.07 Å². The number of hydrogen-bond acceptors (Lipinski definition) is 1.